The first kappa shape index (κ1) is 9.78. The number of hydrogen-bond donors (Lipinski definition) is 1. The van der Waals surface area contributed by atoms with E-state index in [-0.39, 0.29) is 5.56 Å². The van der Waals surface area contributed by atoms with Crippen molar-refractivity contribution in [2.45, 2.75) is 18.2 Å². The van der Waals surface area contributed by atoms with Crippen LogP contribution in [0.2, 0.25) is 0 Å². The fraction of sp³-hybridized carbons (Fsp3) is 0.250. The minimum atomic E-state index is 0.0846. The largest absolute Gasteiger partial charge is 0.294 e. The van der Waals surface area contributed by atoms with Crippen LogP contribution in [-0.2, 0) is 6.42 Å². The molecule has 0 saturated heterocycles. The number of nitrogens with one attached hydrogen (secondary N) is 1. The minimum absolute atomic E-state index is 0.0846. The number of aromatic nitrogens is 2. The van der Waals surface area contributed by atoms with Gasteiger partial charge in [0.15, 0.2) is 0 Å². The van der Waals surface area contributed by atoms with Crippen LogP contribution in [0.5, 0.6) is 0 Å². The van der Waals surface area contributed by atoms with Crippen molar-refractivity contribution in [1.29, 1.82) is 0 Å². The van der Waals surface area contributed by atoms with Crippen molar-refractivity contribution in [1.82, 2.24) is 9.78 Å². The van der Waals surface area contributed by atoms with Gasteiger partial charge < -0.3 is 0 Å². The van der Waals surface area contributed by atoms with Gasteiger partial charge in [-0.15, -0.1) is 11.8 Å². The smallest absolute Gasteiger partial charge is 0.285 e. The fourth-order valence-corrected chi connectivity index (χ4v) is 2.96. The molecule has 0 atom stereocenters. The van der Waals surface area contributed by atoms with E-state index in [1.54, 1.807) is 16.4 Å². The molecule has 82 valence electrons. The first-order chi connectivity index (χ1) is 7.75. The van der Waals surface area contributed by atoms with Gasteiger partial charge in [0.25, 0.3) is 5.56 Å². The van der Waals surface area contributed by atoms with Gasteiger partial charge in [0.05, 0.1) is 16.3 Å². The first-order valence-corrected chi connectivity index (χ1v) is 6.28. The normalized spacial score (nSPS) is 14.1. The van der Waals surface area contributed by atoms with Crippen LogP contribution in [0.25, 0.3) is 5.69 Å². The zero-order chi connectivity index (χ0) is 11.1. The highest BCUT2D eigenvalue weighted by atomic mass is 32.2. The summed E-state index contributed by atoms with van der Waals surface area (Å²) in [4.78, 5) is 12.9. The Balaban J connectivity index is 2.14. The van der Waals surface area contributed by atoms with Gasteiger partial charge in [0, 0.05) is 5.75 Å². The first-order valence-electron chi connectivity index (χ1n) is 5.29. The number of fused-ring (bicyclic) bond motifs is 1. The van der Waals surface area contributed by atoms with Crippen molar-refractivity contribution >= 4 is 11.8 Å². The Bertz CT molecular complexity index is 580. The van der Waals surface area contributed by atoms with E-state index in [9.17, 15) is 4.79 Å². The van der Waals surface area contributed by atoms with Crippen LogP contribution in [0.4, 0.5) is 0 Å². The van der Waals surface area contributed by atoms with E-state index in [2.05, 4.69) is 5.10 Å². The molecule has 0 fully saturated rings. The summed E-state index contributed by atoms with van der Waals surface area (Å²) in [6.07, 6.45) is 0.966. The summed E-state index contributed by atoms with van der Waals surface area (Å²) in [6, 6.07) is 7.96. The summed E-state index contributed by atoms with van der Waals surface area (Å²) < 4.78 is 1.64. The molecule has 0 saturated carbocycles. The molecule has 1 aliphatic heterocycles. The Morgan fingerprint density at radius 2 is 2.06 bits per heavy atom. The van der Waals surface area contributed by atoms with Gasteiger partial charge >= 0.3 is 0 Å². The highest BCUT2D eigenvalue weighted by molar-refractivity contribution is 7.99. The summed E-state index contributed by atoms with van der Waals surface area (Å²) >= 11 is 1.65. The molecule has 1 N–H and O–H groups in total. The van der Waals surface area contributed by atoms with Gasteiger partial charge in [0.2, 0.25) is 0 Å². The Morgan fingerprint density at radius 3 is 2.75 bits per heavy atom. The van der Waals surface area contributed by atoms with Crippen molar-refractivity contribution in [2.75, 3.05) is 5.75 Å². The predicted molar refractivity (Wildman–Crippen MR) is 65.6 cm³/mol. The summed E-state index contributed by atoms with van der Waals surface area (Å²) in [6.45, 7) is 2.04. The third kappa shape index (κ3) is 1.41. The monoisotopic (exact) mass is 232 g/mol. The highest BCUT2D eigenvalue weighted by Crippen LogP contribution is 2.27. The molecule has 1 aromatic carbocycles. The number of thioether (sulfide) groups is 1. The Labute approximate surface area is 97.5 Å². The van der Waals surface area contributed by atoms with Gasteiger partial charge in [-0.05, 0) is 25.5 Å². The molecule has 3 nitrogen and oxygen atoms in total. The molecule has 0 spiro atoms. The maximum atomic E-state index is 12.1. The van der Waals surface area contributed by atoms with Gasteiger partial charge in [0.1, 0.15) is 0 Å². The van der Waals surface area contributed by atoms with Crippen LogP contribution >= 0.6 is 11.8 Å². The van der Waals surface area contributed by atoms with E-state index in [1.165, 1.54) is 5.56 Å². The van der Waals surface area contributed by atoms with Crippen molar-refractivity contribution < 1.29 is 0 Å². The average molecular weight is 232 g/mol. The van der Waals surface area contributed by atoms with E-state index in [4.69, 9.17) is 0 Å². The second-order valence-electron chi connectivity index (χ2n) is 3.99. The van der Waals surface area contributed by atoms with Crippen molar-refractivity contribution in [2.24, 2.45) is 0 Å². The zero-order valence-electron chi connectivity index (χ0n) is 8.99. The third-order valence-corrected chi connectivity index (χ3v) is 3.93. The quantitative estimate of drug-likeness (QED) is 0.817. The van der Waals surface area contributed by atoms with E-state index in [1.807, 2.05) is 31.2 Å². The maximum absolute atomic E-state index is 12.1. The van der Waals surface area contributed by atoms with E-state index in [0.29, 0.717) is 0 Å². The van der Waals surface area contributed by atoms with Crippen LogP contribution < -0.4 is 5.56 Å². The van der Waals surface area contributed by atoms with Gasteiger partial charge in [-0.3, -0.25) is 9.89 Å². The minimum Gasteiger partial charge on any atom is -0.294 e. The summed E-state index contributed by atoms with van der Waals surface area (Å²) in [5.74, 6) is 1.02. The maximum Gasteiger partial charge on any atom is 0.285 e. The molecule has 0 amide bonds. The molecule has 0 unspecified atom stereocenters. The molecule has 1 aromatic heterocycles. The molecule has 0 aliphatic carbocycles. The number of hydrogen-bond acceptors (Lipinski definition) is 2. The van der Waals surface area contributed by atoms with Gasteiger partial charge in [-0.1, -0.05) is 17.7 Å². The fourth-order valence-electron chi connectivity index (χ4n) is 1.92. The van der Waals surface area contributed by atoms with Gasteiger partial charge in [-0.25, -0.2) is 4.68 Å². The van der Waals surface area contributed by atoms with E-state index >= 15 is 0 Å². The number of aryl methyl sites for hydroxylation is 2. The van der Waals surface area contributed by atoms with Crippen molar-refractivity contribution in [3.8, 4) is 5.69 Å². The molecule has 0 radical (unpaired) electrons. The summed E-state index contributed by atoms with van der Waals surface area (Å²) in [5.41, 5.74) is 3.27. The highest BCUT2D eigenvalue weighted by Gasteiger charge is 2.20. The second-order valence-corrected chi connectivity index (χ2v) is 5.10. The molecule has 2 heterocycles. The van der Waals surface area contributed by atoms with E-state index < -0.39 is 0 Å². The third-order valence-electron chi connectivity index (χ3n) is 2.81. The molecule has 0 bridgehead atoms. The lowest BCUT2D eigenvalue weighted by Gasteiger charge is -2.02. The molecule has 1 aliphatic rings. The molecule has 16 heavy (non-hydrogen) atoms. The number of rotatable bonds is 1. The molecular formula is C12H12N2OS. The summed E-state index contributed by atoms with van der Waals surface area (Å²) in [5, 5.41) is 3.18. The van der Waals surface area contributed by atoms with Crippen molar-refractivity contribution in [3.63, 3.8) is 0 Å². The second kappa shape index (κ2) is 3.56. The number of nitrogens with zero attached hydrogens (tertiary/aromatic N) is 1. The predicted octanol–water partition coefficient (Wildman–Crippen LogP) is 2.12. The summed E-state index contributed by atoms with van der Waals surface area (Å²) in [7, 11) is 0. The zero-order valence-corrected chi connectivity index (χ0v) is 9.80. The number of benzene rings is 1. The molecule has 3 rings (SSSR count). The molecule has 4 heteroatoms. The van der Waals surface area contributed by atoms with Crippen LogP contribution in [0.15, 0.2) is 34.0 Å². The topological polar surface area (TPSA) is 37.8 Å². The van der Waals surface area contributed by atoms with E-state index in [0.717, 1.165) is 28.5 Å². The lowest BCUT2D eigenvalue weighted by molar-refractivity contribution is 0.820. The lowest BCUT2D eigenvalue weighted by Crippen LogP contribution is -2.15. The Hall–Kier alpha value is -1.42. The number of H-pyrrole nitrogens is 1. The van der Waals surface area contributed by atoms with Crippen molar-refractivity contribution in [3.05, 3.63) is 45.9 Å². The van der Waals surface area contributed by atoms with Crippen LogP contribution in [0, 0.1) is 6.92 Å². The van der Waals surface area contributed by atoms with Gasteiger partial charge in [-0.2, -0.15) is 0 Å². The van der Waals surface area contributed by atoms with Crippen LogP contribution in [0.1, 0.15) is 11.3 Å². The molecule has 2 aromatic rings. The standard InChI is InChI=1S/C12H12N2OS/c1-8-2-4-9(5-3-8)14-12(15)11-10(13-14)6-7-16-11/h2-5,13H,6-7H2,1H3. The Morgan fingerprint density at radius 1 is 1.31 bits per heavy atom. The Kier molecular flexibility index (Phi) is 2.17. The molecular weight excluding hydrogens is 220 g/mol. The van der Waals surface area contributed by atoms with Crippen LogP contribution in [0.3, 0.4) is 0 Å². The SMILES string of the molecule is Cc1ccc(-n2[nH]c3c(c2=O)SCC3)cc1. The lowest BCUT2D eigenvalue weighted by atomic mass is 10.2. The average Bonchev–Trinajstić information content (AvgIpc) is 2.84. The number of aromatic amines is 1. The van der Waals surface area contributed by atoms with Crippen LogP contribution in [-0.4, -0.2) is 15.5 Å².